The standard InChI is InChI=1S/C16H21N3O3S/c1-3-11-18-19-15(23-11)17-13(20)12-10(2)14(21)22-16(12)8-6-4-5-7-9-16/h3-9H2,1-2H3,(H,17,19,20). The number of anilines is 1. The number of esters is 1. The van der Waals surface area contributed by atoms with Crippen molar-refractivity contribution in [2.75, 3.05) is 5.32 Å². The van der Waals surface area contributed by atoms with Crippen LogP contribution in [0.5, 0.6) is 0 Å². The van der Waals surface area contributed by atoms with Crippen molar-refractivity contribution in [2.45, 2.75) is 64.4 Å². The van der Waals surface area contributed by atoms with Gasteiger partial charge in [-0.2, -0.15) is 0 Å². The smallest absolute Gasteiger partial charge is 0.335 e. The number of aryl methyl sites for hydroxylation is 1. The van der Waals surface area contributed by atoms with Gasteiger partial charge in [-0.25, -0.2) is 4.79 Å². The Bertz CT molecular complexity index is 657. The Hall–Kier alpha value is -1.76. The van der Waals surface area contributed by atoms with Crippen molar-refractivity contribution in [1.82, 2.24) is 10.2 Å². The maximum Gasteiger partial charge on any atom is 0.335 e. The number of carbonyl (C=O) groups is 2. The lowest BCUT2D eigenvalue weighted by molar-refractivity contribution is -0.148. The molecule has 124 valence electrons. The van der Waals surface area contributed by atoms with Gasteiger partial charge >= 0.3 is 5.97 Å². The van der Waals surface area contributed by atoms with Crippen LogP contribution in [0.25, 0.3) is 0 Å². The molecule has 1 fully saturated rings. The Balaban J connectivity index is 1.87. The van der Waals surface area contributed by atoms with Gasteiger partial charge in [-0.05, 0) is 39.0 Å². The van der Waals surface area contributed by atoms with E-state index < -0.39 is 5.60 Å². The van der Waals surface area contributed by atoms with Crippen molar-refractivity contribution in [2.24, 2.45) is 0 Å². The first-order valence-corrected chi connectivity index (χ1v) is 8.96. The quantitative estimate of drug-likeness (QED) is 0.859. The summed E-state index contributed by atoms with van der Waals surface area (Å²) in [6.07, 6.45) is 6.38. The molecule has 0 bridgehead atoms. The summed E-state index contributed by atoms with van der Waals surface area (Å²) >= 11 is 1.36. The monoisotopic (exact) mass is 335 g/mol. The maximum atomic E-state index is 12.8. The van der Waals surface area contributed by atoms with E-state index in [1.54, 1.807) is 6.92 Å². The van der Waals surface area contributed by atoms with E-state index in [9.17, 15) is 9.59 Å². The molecular weight excluding hydrogens is 314 g/mol. The lowest BCUT2D eigenvalue weighted by Crippen LogP contribution is -2.36. The molecule has 1 aliphatic carbocycles. The van der Waals surface area contributed by atoms with Crippen LogP contribution in [0.1, 0.15) is 57.4 Å². The summed E-state index contributed by atoms with van der Waals surface area (Å²) in [6.45, 7) is 3.66. The van der Waals surface area contributed by atoms with E-state index in [1.165, 1.54) is 11.3 Å². The van der Waals surface area contributed by atoms with Crippen LogP contribution in [0.15, 0.2) is 11.1 Å². The number of amides is 1. The van der Waals surface area contributed by atoms with Gasteiger partial charge in [0.1, 0.15) is 10.6 Å². The van der Waals surface area contributed by atoms with Crippen LogP contribution < -0.4 is 5.32 Å². The normalized spacial score (nSPS) is 20.5. The first-order chi connectivity index (χ1) is 11.1. The minimum atomic E-state index is -0.750. The zero-order valence-electron chi connectivity index (χ0n) is 13.5. The first kappa shape index (κ1) is 16.1. The summed E-state index contributed by atoms with van der Waals surface area (Å²) in [6, 6.07) is 0. The minimum Gasteiger partial charge on any atom is -0.451 e. The van der Waals surface area contributed by atoms with Gasteiger partial charge in [-0.1, -0.05) is 31.1 Å². The van der Waals surface area contributed by atoms with Crippen molar-refractivity contribution in [1.29, 1.82) is 0 Å². The SMILES string of the molecule is CCc1nnc(NC(=O)C2=C(C)C(=O)OC23CCCCCC3)s1. The van der Waals surface area contributed by atoms with Crippen LogP contribution in [0.2, 0.25) is 0 Å². The van der Waals surface area contributed by atoms with Gasteiger partial charge in [-0.15, -0.1) is 10.2 Å². The zero-order valence-corrected chi connectivity index (χ0v) is 14.3. The number of nitrogens with zero attached hydrogens (tertiary/aromatic N) is 2. The van der Waals surface area contributed by atoms with E-state index in [4.69, 9.17) is 4.74 Å². The predicted molar refractivity (Wildman–Crippen MR) is 87.1 cm³/mol. The molecule has 1 N–H and O–H groups in total. The van der Waals surface area contributed by atoms with Gasteiger partial charge in [0.2, 0.25) is 5.13 Å². The van der Waals surface area contributed by atoms with E-state index in [-0.39, 0.29) is 11.9 Å². The third kappa shape index (κ3) is 3.02. The molecule has 0 aromatic carbocycles. The van der Waals surface area contributed by atoms with E-state index >= 15 is 0 Å². The molecule has 0 atom stereocenters. The second-order valence-corrected chi connectivity index (χ2v) is 7.17. The highest BCUT2D eigenvalue weighted by Crippen LogP contribution is 2.43. The molecule has 2 heterocycles. The summed E-state index contributed by atoms with van der Waals surface area (Å²) in [4.78, 5) is 24.9. The number of hydrogen-bond acceptors (Lipinski definition) is 6. The number of nitrogens with one attached hydrogen (secondary N) is 1. The molecule has 1 amide bonds. The van der Waals surface area contributed by atoms with E-state index in [2.05, 4.69) is 15.5 Å². The molecule has 1 aromatic heterocycles. The van der Waals surface area contributed by atoms with Crippen LogP contribution in [0.3, 0.4) is 0 Å². The average molecular weight is 335 g/mol. The van der Waals surface area contributed by atoms with Crippen LogP contribution in [-0.4, -0.2) is 27.7 Å². The number of aromatic nitrogens is 2. The maximum absolute atomic E-state index is 12.8. The second kappa shape index (κ2) is 6.39. The van der Waals surface area contributed by atoms with Gasteiger partial charge in [-0.3, -0.25) is 10.1 Å². The second-order valence-electron chi connectivity index (χ2n) is 6.11. The molecular formula is C16H21N3O3S. The van der Waals surface area contributed by atoms with Crippen molar-refractivity contribution >= 4 is 28.3 Å². The van der Waals surface area contributed by atoms with Gasteiger partial charge in [0.05, 0.1) is 5.57 Å². The Labute approximate surface area is 139 Å². The zero-order chi connectivity index (χ0) is 16.4. The van der Waals surface area contributed by atoms with Crippen LogP contribution in [-0.2, 0) is 20.7 Å². The summed E-state index contributed by atoms with van der Waals surface area (Å²) in [5.74, 6) is -0.655. The molecule has 2 aliphatic rings. The molecule has 6 nitrogen and oxygen atoms in total. The molecule has 1 spiro atoms. The van der Waals surface area contributed by atoms with Gasteiger partial charge in [0.25, 0.3) is 5.91 Å². The van der Waals surface area contributed by atoms with Gasteiger partial charge < -0.3 is 4.74 Å². The van der Waals surface area contributed by atoms with Crippen LogP contribution in [0.4, 0.5) is 5.13 Å². The molecule has 0 radical (unpaired) electrons. The fourth-order valence-electron chi connectivity index (χ4n) is 3.38. The lowest BCUT2D eigenvalue weighted by atomic mass is 9.85. The molecule has 1 aromatic rings. The van der Waals surface area contributed by atoms with Crippen molar-refractivity contribution in [3.05, 3.63) is 16.2 Å². The highest BCUT2D eigenvalue weighted by atomic mass is 32.1. The summed E-state index contributed by atoms with van der Waals surface area (Å²) < 4.78 is 5.67. The summed E-state index contributed by atoms with van der Waals surface area (Å²) in [5.41, 5.74) is 0.155. The molecule has 0 unspecified atom stereocenters. The molecule has 7 heteroatoms. The molecule has 1 saturated carbocycles. The number of hydrogen-bond donors (Lipinski definition) is 1. The highest BCUT2D eigenvalue weighted by molar-refractivity contribution is 7.15. The topological polar surface area (TPSA) is 81.2 Å². The third-order valence-corrected chi connectivity index (χ3v) is 5.54. The van der Waals surface area contributed by atoms with Crippen LogP contribution >= 0.6 is 11.3 Å². The highest BCUT2D eigenvalue weighted by Gasteiger charge is 2.49. The Morgan fingerprint density at radius 3 is 2.57 bits per heavy atom. The number of carbonyl (C=O) groups excluding carboxylic acids is 2. The largest absolute Gasteiger partial charge is 0.451 e. The Morgan fingerprint density at radius 2 is 1.96 bits per heavy atom. The minimum absolute atomic E-state index is 0.283. The van der Waals surface area contributed by atoms with Crippen molar-refractivity contribution < 1.29 is 14.3 Å². The number of rotatable bonds is 3. The van der Waals surface area contributed by atoms with Gasteiger partial charge in [0, 0.05) is 5.57 Å². The van der Waals surface area contributed by atoms with E-state index in [0.717, 1.165) is 50.0 Å². The molecule has 0 saturated heterocycles. The first-order valence-electron chi connectivity index (χ1n) is 8.14. The van der Waals surface area contributed by atoms with Crippen molar-refractivity contribution in [3.63, 3.8) is 0 Å². The van der Waals surface area contributed by atoms with E-state index in [0.29, 0.717) is 16.3 Å². The van der Waals surface area contributed by atoms with E-state index in [1.807, 2.05) is 6.92 Å². The Morgan fingerprint density at radius 1 is 1.26 bits per heavy atom. The molecule has 23 heavy (non-hydrogen) atoms. The van der Waals surface area contributed by atoms with Crippen LogP contribution in [0, 0.1) is 0 Å². The van der Waals surface area contributed by atoms with Gasteiger partial charge in [0.15, 0.2) is 0 Å². The predicted octanol–water partition coefficient (Wildman–Crippen LogP) is 3.01. The summed E-state index contributed by atoms with van der Waals surface area (Å²) in [5, 5.41) is 12.1. The fourth-order valence-corrected chi connectivity index (χ4v) is 4.06. The lowest BCUT2D eigenvalue weighted by Gasteiger charge is -2.29. The fraction of sp³-hybridized carbons (Fsp3) is 0.625. The summed E-state index contributed by atoms with van der Waals surface area (Å²) in [7, 11) is 0. The van der Waals surface area contributed by atoms with Crippen molar-refractivity contribution in [3.8, 4) is 0 Å². The number of ether oxygens (including phenoxy) is 1. The molecule has 3 rings (SSSR count). The third-order valence-electron chi connectivity index (χ3n) is 4.55. The average Bonchev–Trinajstić information content (AvgIpc) is 2.97. The Kier molecular flexibility index (Phi) is 4.48. The molecule has 1 aliphatic heterocycles.